The van der Waals surface area contributed by atoms with Crippen molar-refractivity contribution in [1.29, 1.82) is 0 Å². The Morgan fingerprint density at radius 1 is 0.968 bits per heavy atom. The molecule has 0 aliphatic carbocycles. The number of aryl methyl sites for hydroxylation is 1. The number of hydrogen-bond acceptors (Lipinski definition) is 5. The van der Waals surface area contributed by atoms with Crippen LogP contribution in [-0.2, 0) is 16.2 Å². The zero-order valence-electron chi connectivity index (χ0n) is 17.7. The molecule has 0 saturated heterocycles. The highest BCUT2D eigenvalue weighted by atomic mass is 16.6. The van der Waals surface area contributed by atoms with Gasteiger partial charge in [0.1, 0.15) is 6.61 Å². The van der Waals surface area contributed by atoms with Crippen LogP contribution in [0.25, 0.3) is 0 Å². The lowest BCUT2D eigenvalue weighted by atomic mass is 10.2. The molecule has 0 unspecified atom stereocenters. The number of benzene rings is 3. The first-order chi connectivity index (χ1) is 15.2. The summed E-state index contributed by atoms with van der Waals surface area (Å²) >= 11 is 0. The summed E-state index contributed by atoms with van der Waals surface area (Å²) in [6, 6.07) is 22.8. The van der Waals surface area contributed by atoms with Gasteiger partial charge in [-0.25, -0.2) is 0 Å². The standard InChI is InChI=1S/C25H26N2O4/c1-3-29-24-15-21(16-26-31-17-20-10-5-4-6-11-20)13-14-23(24)30-18-25(28)27-22-12-8-7-9-19(22)2/h4-16H,3,17-18H2,1-2H3,(H,27,28)/b26-16+. The highest BCUT2D eigenvalue weighted by molar-refractivity contribution is 5.92. The van der Waals surface area contributed by atoms with Gasteiger partial charge in [-0.1, -0.05) is 53.7 Å². The maximum atomic E-state index is 12.3. The van der Waals surface area contributed by atoms with Crippen LogP contribution in [0.5, 0.6) is 11.5 Å². The van der Waals surface area contributed by atoms with Gasteiger partial charge in [-0.3, -0.25) is 4.79 Å². The molecule has 0 aliphatic rings. The summed E-state index contributed by atoms with van der Waals surface area (Å²) in [6.45, 7) is 4.57. The van der Waals surface area contributed by atoms with Crippen LogP contribution in [-0.4, -0.2) is 25.3 Å². The van der Waals surface area contributed by atoms with Crippen LogP contribution in [0, 0.1) is 6.92 Å². The van der Waals surface area contributed by atoms with Crippen molar-refractivity contribution in [2.24, 2.45) is 5.16 Å². The number of rotatable bonds is 10. The number of nitrogens with zero attached hydrogens (tertiary/aromatic N) is 1. The second-order valence-electron chi connectivity index (χ2n) is 6.78. The summed E-state index contributed by atoms with van der Waals surface area (Å²) in [4.78, 5) is 17.6. The number of nitrogens with one attached hydrogen (secondary N) is 1. The number of oxime groups is 1. The number of carbonyl (C=O) groups is 1. The number of anilines is 1. The maximum absolute atomic E-state index is 12.3. The van der Waals surface area contributed by atoms with E-state index in [1.807, 2.05) is 74.5 Å². The Morgan fingerprint density at radius 2 is 1.74 bits per heavy atom. The van der Waals surface area contributed by atoms with E-state index in [0.29, 0.717) is 24.7 Å². The molecular weight excluding hydrogens is 392 g/mol. The molecule has 0 bridgehead atoms. The summed E-state index contributed by atoms with van der Waals surface area (Å²) in [7, 11) is 0. The molecule has 0 aromatic heterocycles. The minimum Gasteiger partial charge on any atom is -0.490 e. The molecule has 0 saturated carbocycles. The van der Waals surface area contributed by atoms with Gasteiger partial charge in [-0.15, -0.1) is 0 Å². The molecule has 160 valence electrons. The Bertz CT molecular complexity index is 1020. The Morgan fingerprint density at radius 3 is 2.52 bits per heavy atom. The van der Waals surface area contributed by atoms with E-state index in [1.165, 1.54) is 0 Å². The molecule has 31 heavy (non-hydrogen) atoms. The van der Waals surface area contributed by atoms with Gasteiger partial charge in [0.2, 0.25) is 0 Å². The normalized spacial score (nSPS) is 10.6. The van der Waals surface area contributed by atoms with Crippen molar-refractivity contribution in [2.45, 2.75) is 20.5 Å². The Hall–Kier alpha value is -3.80. The molecule has 0 aliphatic heterocycles. The zero-order valence-corrected chi connectivity index (χ0v) is 17.7. The number of amides is 1. The van der Waals surface area contributed by atoms with E-state index in [9.17, 15) is 4.79 Å². The second-order valence-corrected chi connectivity index (χ2v) is 6.78. The fourth-order valence-corrected chi connectivity index (χ4v) is 2.82. The molecule has 0 spiro atoms. The molecule has 0 radical (unpaired) electrons. The third kappa shape index (κ3) is 6.89. The number of ether oxygens (including phenoxy) is 2. The molecule has 0 heterocycles. The lowest BCUT2D eigenvalue weighted by molar-refractivity contribution is -0.118. The lowest BCUT2D eigenvalue weighted by Gasteiger charge is -2.13. The molecular formula is C25H26N2O4. The Labute approximate surface area is 182 Å². The average Bonchev–Trinajstić information content (AvgIpc) is 2.79. The number of hydrogen-bond donors (Lipinski definition) is 1. The third-order valence-electron chi connectivity index (χ3n) is 4.40. The van der Waals surface area contributed by atoms with E-state index < -0.39 is 0 Å². The minimum atomic E-state index is -0.239. The predicted molar refractivity (Wildman–Crippen MR) is 122 cm³/mol. The summed E-state index contributed by atoms with van der Waals surface area (Å²) in [5.74, 6) is 0.791. The highest BCUT2D eigenvalue weighted by Gasteiger charge is 2.10. The van der Waals surface area contributed by atoms with E-state index in [2.05, 4.69) is 10.5 Å². The molecule has 1 N–H and O–H groups in total. The van der Waals surface area contributed by atoms with Crippen LogP contribution in [0.4, 0.5) is 5.69 Å². The molecule has 3 aromatic rings. The summed E-state index contributed by atoms with van der Waals surface area (Å²) < 4.78 is 11.4. The van der Waals surface area contributed by atoms with Crippen LogP contribution < -0.4 is 14.8 Å². The van der Waals surface area contributed by atoms with Crippen LogP contribution in [0.3, 0.4) is 0 Å². The smallest absolute Gasteiger partial charge is 0.262 e. The third-order valence-corrected chi connectivity index (χ3v) is 4.40. The largest absolute Gasteiger partial charge is 0.490 e. The molecule has 6 heteroatoms. The zero-order chi connectivity index (χ0) is 21.9. The van der Waals surface area contributed by atoms with Gasteiger partial charge in [0, 0.05) is 11.3 Å². The van der Waals surface area contributed by atoms with E-state index in [-0.39, 0.29) is 12.5 Å². The van der Waals surface area contributed by atoms with Crippen molar-refractivity contribution in [3.05, 3.63) is 89.5 Å². The SMILES string of the molecule is CCOc1cc(/C=N/OCc2ccccc2)ccc1OCC(=O)Nc1ccccc1C. The highest BCUT2D eigenvalue weighted by Crippen LogP contribution is 2.28. The van der Waals surface area contributed by atoms with Crippen LogP contribution >= 0.6 is 0 Å². The molecule has 3 aromatic carbocycles. The summed E-state index contributed by atoms with van der Waals surface area (Å²) in [6.07, 6.45) is 1.61. The van der Waals surface area contributed by atoms with E-state index in [0.717, 1.165) is 22.4 Å². The molecule has 0 atom stereocenters. The van der Waals surface area contributed by atoms with Crippen molar-refractivity contribution < 1.29 is 19.1 Å². The Balaban J connectivity index is 1.57. The van der Waals surface area contributed by atoms with E-state index in [4.69, 9.17) is 14.3 Å². The molecule has 3 rings (SSSR count). The van der Waals surface area contributed by atoms with Crippen molar-refractivity contribution >= 4 is 17.8 Å². The lowest BCUT2D eigenvalue weighted by Crippen LogP contribution is -2.20. The summed E-state index contributed by atoms with van der Waals surface area (Å²) in [5, 5.41) is 6.86. The maximum Gasteiger partial charge on any atom is 0.262 e. The van der Waals surface area contributed by atoms with Crippen LogP contribution in [0.1, 0.15) is 23.6 Å². The van der Waals surface area contributed by atoms with Crippen LogP contribution in [0.2, 0.25) is 0 Å². The Kier molecular flexibility index (Phi) is 8.05. The quantitative estimate of drug-likeness (QED) is 0.373. The van der Waals surface area contributed by atoms with Gasteiger partial charge in [0.05, 0.1) is 12.8 Å². The number of carbonyl (C=O) groups excluding carboxylic acids is 1. The fraction of sp³-hybridized carbons (Fsp3) is 0.200. The first-order valence-electron chi connectivity index (χ1n) is 10.1. The monoisotopic (exact) mass is 418 g/mol. The van der Waals surface area contributed by atoms with Crippen molar-refractivity contribution in [2.75, 3.05) is 18.5 Å². The molecule has 0 fully saturated rings. The first kappa shape index (κ1) is 21.9. The average molecular weight is 418 g/mol. The van der Waals surface area contributed by atoms with Gasteiger partial charge in [-0.05, 0) is 49.2 Å². The molecule has 1 amide bonds. The first-order valence-corrected chi connectivity index (χ1v) is 10.1. The van der Waals surface area contributed by atoms with Crippen LogP contribution in [0.15, 0.2) is 78.0 Å². The van der Waals surface area contributed by atoms with Gasteiger partial charge < -0.3 is 19.6 Å². The topological polar surface area (TPSA) is 69.1 Å². The van der Waals surface area contributed by atoms with Crippen molar-refractivity contribution in [1.82, 2.24) is 0 Å². The molecule has 6 nitrogen and oxygen atoms in total. The van der Waals surface area contributed by atoms with Gasteiger partial charge in [-0.2, -0.15) is 0 Å². The predicted octanol–water partition coefficient (Wildman–Crippen LogP) is 4.96. The summed E-state index contributed by atoms with van der Waals surface area (Å²) in [5.41, 5.74) is 3.60. The second kappa shape index (κ2) is 11.4. The van der Waals surface area contributed by atoms with E-state index in [1.54, 1.807) is 18.3 Å². The fourth-order valence-electron chi connectivity index (χ4n) is 2.82. The minimum absolute atomic E-state index is 0.123. The van der Waals surface area contributed by atoms with Crippen molar-refractivity contribution in [3.63, 3.8) is 0 Å². The van der Waals surface area contributed by atoms with Crippen molar-refractivity contribution in [3.8, 4) is 11.5 Å². The van der Waals surface area contributed by atoms with Gasteiger partial charge in [0.15, 0.2) is 18.1 Å². The van der Waals surface area contributed by atoms with E-state index >= 15 is 0 Å². The van der Waals surface area contributed by atoms with Gasteiger partial charge in [0.25, 0.3) is 5.91 Å². The van der Waals surface area contributed by atoms with Gasteiger partial charge >= 0.3 is 0 Å². The number of para-hydroxylation sites is 1.